The lowest BCUT2D eigenvalue weighted by atomic mass is 10.1. The molecule has 3 saturated heterocycles. The van der Waals surface area contributed by atoms with E-state index in [0.29, 0.717) is 107 Å². The molecule has 0 bridgehead atoms. The molecule has 0 saturated carbocycles. The van der Waals surface area contributed by atoms with Gasteiger partial charge in [0.1, 0.15) is 5.69 Å². The minimum Gasteiger partial charge on any atom is -0.438 e. The number of aromatic nitrogens is 2. The molecule has 0 radical (unpaired) electrons. The zero-order valence-electron chi connectivity index (χ0n) is 47.0. The Balaban J connectivity index is 0.000000238. The minimum atomic E-state index is -2.03. The van der Waals surface area contributed by atoms with E-state index in [2.05, 4.69) is 49.8 Å². The van der Waals surface area contributed by atoms with Crippen LogP contribution >= 0.6 is 34.8 Å². The maximum atomic E-state index is 14.8. The van der Waals surface area contributed by atoms with E-state index in [1.54, 1.807) is 97.6 Å². The smallest absolute Gasteiger partial charge is 0.438 e. The van der Waals surface area contributed by atoms with Crippen LogP contribution < -0.4 is 22.1 Å². The van der Waals surface area contributed by atoms with Crippen molar-refractivity contribution in [3.05, 3.63) is 137 Å². The van der Waals surface area contributed by atoms with Gasteiger partial charge in [0, 0.05) is 147 Å². The molecular weight excluding hydrogens is 1150 g/mol. The number of nitrogen functional groups attached to an aromatic ring is 2. The Hall–Kier alpha value is -7.57. The summed E-state index contributed by atoms with van der Waals surface area (Å²) in [5, 5.41) is 5.18. The third-order valence-electron chi connectivity index (χ3n) is 12.8. The molecular formula is C56H69Cl3F3N13O8. The number of nitrogens with zero attached hydrogens (tertiary/aromatic N) is 9. The first-order valence-electron chi connectivity index (χ1n) is 26.0. The van der Waals surface area contributed by atoms with Crippen molar-refractivity contribution < 1.29 is 51.4 Å². The SMILES string of the molecule is CC(=O)N1CCN(Cc2cccc(N)c2F)CC1.CC(=O)N1CCN(Cc2cccc(N=C=O)c2F)CC1.CC(=O)N1CCN(Cc2cccc(NC(=O)Nc3ccc(C)nc3)c2F)CC1.COC(=O)OC(Cl)(Cl)Cl.Cc1ccc(N)cn1. The fourth-order valence-electron chi connectivity index (χ4n) is 8.17. The highest BCUT2D eigenvalue weighted by Crippen LogP contribution is 2.28. The average Bonchev–Trinajstić information content (AvgIpc) is 3.63. The molecule has 3 aromatic carbocycles. The second kappa shape index (κ2) is 34.1. The number of aryl methyl sites for hydroxylation is 2. The van der Waals surface area contributed by atoms with Gasteiger partial charge >= 0.3 is 16.2 Å². The van der Waals surface area contributed by atoms with Gasteiger partial charge in [-0.25, -0.2) is 27.6 Å². The Morgan fingerprint density at radius 1 is 0.602 bits per heavy atom. The molecule has 8 rings (SSSR count). The van der Waals surface area contributed by atoms with Crippen molar-refractivity contribution in [2.45, 2.75) is 58.2 Å². The number of isocyanates is 1. The van der Waals surface area contributed by atoms with Crippen LogP contribution in [0, 0.1) is 31.3 Å². The van der Waals surface area contributed by atoms with Crippen molar-refractivity contribution in [3.63, 3.8) is 0 Å². The Morgan fingerprint density at radius 3 is 1.42 bits per heavy atom. The number of nitrogens with two attached hydrogens (primary N) is 2. The predicted molar refractivity (Wildman–Crippen MR) is 313 cm³/mol. The monoisotopic (exact) mass is 1210 g/mol. The van der Waals surface area contributed by atoms with Gasteiger partial charge in [-0.1, -0.05) is 36.4 Å². The van der Waals surface area contributed by atoms with Crippen LogP contribution in [0.3, 0.4) is 0 Å². The lowest BCUT2D eigenvalue weighted by Crippen LogP contribution is -2.47. The summed E-state index contributed by atoms with van der Waals surface area (Å²) in [6, 6.07) is 21.5. The molecule has 3 aliphatic rings. The summed E-state index contributed by atoms with van der Waals surface area (Å²) in [6.07, 6.45) is 3.51. The summed E-state index contributed by atoms with van der Waals surface area (Å²) in [7, 11) is 1.11. The van der Waals surface area contributed by atoms with E-state index < -0.39 is 27.8 Å². The fraction of sp³-hybridized carbons (Fsp3) is 0.393. The summed E-state index contributed by atoms with van der Waals surface area (Å²) >= 11 is 15.0. The number of hydrogen-bond donors (Lipinski definition) is 4. The van der Waals surface area contributed by atoms with Gasteiger partial charge in [-0.05, 0) is 91.1 Å². The summed E-state index contributed by atoms with van der Waals surface area (Å²) in [6.45, 7) is 18.2. The zero-order chi connectivity index (χ0) is 61.2. The van der Waals surface area contributed by atoms with E-state index in [-0.39, 0.29) is 40.6 Å². The number of carbonyl (C=O) groups is 5. The molecule has 0 unspecified atom stereocenters. The number of pyridine rings is 2. The van der Waals surface area contributed by atoms with E-state index in [0.717, 1.165) is 37.3 Å². The lowest BCUT2D eigenvalue weighted by Gasteiger charge is -2.34. The molecule has 2 aromatic heterocycles. The average molecular weight is 1220 g/mol. The van der Waals surface area contributed by atoms with Crippen LogP contribution in [0.25, 0.3) is 0 Å². The topological polar surface area (TPSA) is 255 Å². The second-order valence-electron chi connectivity index (χ2n) is 18.9. The molecule has 5 heterocycles. The maximum Gasteiger partial charge on any atom is 0.511 e. The number of halogens is 6. The molecule has 6 N–H and O–H groups in total. The molecule has 0 aliphatic carbocycles. The first-order chi connectivity index (χ1) is 39.3. The number of nitrogens with one attached hydrogen (secondary N) is 2. The normalized spacial score (nSPS) is 14.4. The van der Waals surface area contributed by atoms with Gasteiger partial charge in [-0.3, -0.25) is 39.1 Å². The number of hydrogen-bond acceptors (Lipinski definition) is 16. The second-order valence-corrected chi connectivity index (χ2v) is 21.1. The van der Waals surface area contributed by atoms with Crippen LogP contribution in [0.4, 0.5) is 51.2 Å². The van der Waals surface area contributed by atoms with Crippen LogP contribution in [-0.4, -0.2) is 165 Å². The molecule has 27 heteroatoms. The quantitative estimate of drug-likeness (QED) is 0.0355. The fourth-order valence-corrected chi connectivity index (χ4v) is 8.36. The maximum absolute atomic E-state index is 14.8. The van der Waals surface area contributed by atoms with Gasteiger partial charge < -0.3 is 46.3 Å². The summed E-state index contributed by atoms with van der Waals surface area (Å²) in [5.74, 6) is -1.03. The number of ether oxygens (including phenoxy) is 2. The standard InChI is InChI=1S/C20H24FN5O2.C14H16FN3O2.C13H18FN3O.C6H8N2.C3H3Cl3O3/c1-14-6-7-17(12-22-14)23-20(28)24-18-5-3-4-16(19(18)21)13-25-8-10-26(11-9-25)15(2)27;1-11(20)18-7-5-17(6-8-18)9-12-3-2-4-13(14(12)15)16-10-19;1-10(18)17-7-5-16(6-8-17)9-11-3-2-4-12(15)13(11)14;1-5-2-3-6(7)4-8-5;1-8-2(7)9-3(4,5)6/h3-7,12H,8-11,13H2,1-2H3,(H2,23,24,28);2-4H,5-9H2,1H3;2-4H,5-9,15H2,1H3;2-4H,7H2,1H3;1H3. The molecule has 5 aromatic rings. The summed E-state index contributed by atoms with van der Waals surface area (Å²) in [5.41, 5.74) is 15.9. The number of piperazine rings is 3. The highest BCUT2D eigenvalue weighted by Gasteiger charge is 2.26. The Morgan fingerprint density at radius 2 is 1.04 bits per heavy atom. The van der Waals surface area contributed by atoms with Gasteiger partial charge in [0.05, 0.1) is 42.3 Å². The van der Waals surface area contributed by atoms with Crippen molar-refractivity contribution in [1.82, 2.24) is 39.4 Å². The van der Waals surface area contributed by atoms with Crippen molar-refractivity contribution >= 4 is 99.2 Å². The Kier molecular flexibility index (Phi) is 27.9. The van der Waals surface area contributed by atoms with Crippen LogP contribution in [0.2, 0.25) is 0 Å². The van der Waals surface area contributed by atoms with Crippen molar-refractivity contribution in [3.8, 4) is 0 Å². The molecule has 448 valence electrons. The predicted octanol–water partition coefficient (Wildman–Crippen LogP) is 8.44. The third-order valence-corrected chi connectivity index (χ3v) is 13.0. The Labute approximate surface area is 495 Å². The number of rotatable bonds is 9. The van der Waals surface area contributed by atoms with Gasteiger partial charge in [0.2, 0.25) is 23.8 Å². The van der Waals surface area contributed by atoms with Crippen molar-refractivity contribution in [1.29, 1.82) is 0 Å². The van der Waals surface area contributed by atoms with Crippen LogP contribution in [0.1, 0.15) is 48.8 Å². The minimum absolute atomic E-state index is 0.0138. The molecule has 0 spiro atoms. The molecule has 3 aliphatic heterocycles. The van der Waals surface area contributed by atoms with Gasteiger partial charge in [0.25, 0.3) is 0 Å². The number of alkyl halides is 3. The first-order valence-corrected chi connectivity index (χ1v) is 27.1. The first kappa shape index (κ1) is 67.9. The van der Waals surface area contributed by atoms with E-state index >= 15 is 0 Å². The van der Waals surface area contributed by atoms with Crippen LogP contribution in [0.5, 0.6) is 0 Å². The highest BCUT2D eigenvalue weighted by atomic mass is 35.6. The number of amides is 5. The Bertz CT molecular complexity index is 2950. The largest absolute Gasteiger partial charge is 0.511 e. The van der Waals surface area contributed by atoms with Crippen LogP contribution in [-0.2, 0) is 48.3 Å². The van der Waals surface area contributed by atoms with E-state index in [1.807, 2.05) is 30.9 Å². The summed E-state index contributed by atoms with van der Waals surface area (Å²) < 4.78 is 48.6. The van der Waals surface area contributed by atoms with E-state index in [4.69, 9.17) is 46.3 Å². The van der Waals surface area contributed by atoms with E-state index in [9.17, 15) is 41.9 Å². The number of aliphatic imine (C=N–C) groups is 1. The molecule has 0 atom stereocenters. The van der Waals surface area contributed by atoms with Crippen LogP contribution in [0.15, 0.2) is 96.2 Å². The van der Waals surface area contributed by atoms with Gasteiger partial charge in [-0.15, -0.1) is 0 Å². The summed E-state index contributed by atoms with van der Waals surface area (Å²) in [4.78, 5) is 89.4. The molecule has 21 nitrogen and oxygen atoms in total. The zero-order valence-corrected chi connectivity index (χ0v) is 49.2. The number of anilines is 4. The van der Waals surface area contributed by atoms with Crippen molar-refractivity contribution in [2.24, 2.45) is 4.99 Å². The highest BCUT2D eigenvalue weighted by molar-refractivity contribution is 6.66. The number of carbonyl (C=O) groups excluding carboxylic acids is 6. The van der Waals surface area contributed by atoms with Crippen molar-refractivity contribution in [2.75, 3.05) is 108 Å². The molecule has 5 amide bonds. The number of methoxy groups -OCH3 is 1. The van der Waals surface area contributed by atoms with Gasteiger partial charge in [0.15, 0.2) is 17.5 Å². The molecule has 3 fully saturated rings. The lowest BCUT2D eigenvalue weighted by molar-refractivity contribution is -0.131. The van der Waals surface area contributed by atoms with Gasteiger partial charge in [-0.2, -0.15) is 4.99 Å². The number of urea groups is 1. The van der Waals surface area contributed by atoms with E-state index in [1.165, 1.54) is 18.2 Å². The molecule has 83 heavy (non-hydrogen) atoms. The number of benzene rings is 3. The third kappa shape index (κ3) is 24.4.